The number of aromatic nitrogens is 1. The molecule has 0 unspecified atom stereocenters. The molecule has 0 amide bonds. The molecule has 2 aromatic rings. The van der Waals surface area contributed by atoms with E-state index < -0.39 is 0 Å². The topological polar surface area (TPSA) is 27.8 Å². The lowest BCUT2D eigenvalue weighted by Crippen LogP contribution is -2.43. The summed E-state index contributed by atoms with van der Waals surface area (Å²) < 4.78 is 0. The molecule has 0 bridgehead atoms. The Labute approximate surface area is 120 Å². The molecule has 0 aliphatic rings. The third-order valence-corrected chi connectivity index (χ3v) is 4.65. The number of H-pyrrole nitrogens is 1. The lowest BCUT2D eigenvalue weighted by atomic mass is 9.89. The Hall–Kier alpha value is -0.990. The van der Waals surface area contributed by atoms with Gasteiger partial charge in [-0.3, -0.25) is 0 Å². The molecule has 0 saturated carbocycles. The Morgan fingerprint density at radius 2 is 1.84 bits per heavy atom. The van der Waals surface area contributed by atoms with Gasteiger partial charge in [-0.1, -0.05) is 38.4 Å². The van der Waals surface area contributed by atoms with Crippen LogP contribution >= 0.6 is 11.6 Å². The minimum absolute atomic E-state index is 0.260. The van der Waals surface area contributed by atoms with E-state index in [1.165, 1.54) is 10.9 Å². The van der Waals surface area contributed by atoms with Crippen LogP contribution in [-0.2, 0) is 6.54 Å². The van der Waals surface area contributed by atoms with E-state index in [0.717, 1.165) is 36.3 Å². The minimum atomic E-state index is 0.260. The molecule has 0 saturated heterocycles. The number of halogens is 1. The van der Waals surface area contributed by atoms with E-state index in [1.54, 1.807) is 0 Å². The average Bonchev–Trinajstić information content (AvgIpc) is 2.83. The van der Waals surface area contributed by atoms with Crippen molar-refractivity contribution in [3.05, 3.63) is 35.0 Å². The Balaban J connectivity index is 2.18. The summed E-state index contributed by atoms with van der Waals surface area (Å²) in [4.78, 5) is 3.29. The third kappa shape index (κ3) is 2.96. The van der Waals surface area contributed by atoms with Crippen LogP contribution in [0.3, 0.4) is 0 Å². The molecule has 104 valence electrons. The van der Waals surface area contributed by atoms with E-state index >= 15 is 0 Å². The fourth-order valence-electron chi connectivity index (χ4n) is 2.71. The summed E-state index contributed by atoms with van der Waals surface area (Å²) in [6.45, 7) is 7.68. The highest BCUT2D eigenvalue weighted by Crippen LogP contribution is 2.24. The second kappa shape index (κ2) is 5.98. The van der Waals surface area contributed by atoms with Gasteiger partial charge in [0.2, 0.25) is 0 Å². The van der Waals surface area contributed by atoms with Gasteiger partial charge in [-0.25, -0.2) is 0 Å². The predicted octanol–water partition coefficient (Wildman–Crippen LogP) is 4.88. The Kier molecular flexibility index (Phi) is 4.54. The van der Waals surface area contributed by atoms with Gasteiger partial charge in [-0.2, -0.15) is 0 Å². The number of hydrogen-bond donors (Lipinski definition) is 2. The third-order valence-electron chi connectivity index (χ3n) is 4.41. The highest BCUT2D eigenvalue weighted by molar-refractivity contribution is 6.31. The SMILES string of the molecule is CCC(CC)(CC)NCc1c[nH]c2cc(Cl)ccc12. The van der Waals surface area contributed by atoms with Crippen LogP contribution in [-0.4, -0.2) is 10.5 Å². The summed E-state index contributed by atoms with van der Waals surface area (Å²) in [6, 6.07) is 6.03. The Bertz CT molecular complexity index is 532. The van der Waals surface area contributed by atoms with E-state index in [1.807, 2.05) is 12.1 Å². The molecule has 3 heteroatoms. The number of fused-ring (bicyclic) bond motifs is 1. The van der Waals surface area contributed by atoms with Gasteiger partial charge >= 0.3 is 0 Å². The van der Waals surface area contributed by atoms with Crippen LogP contribution in [0.2, 0.25) is 5.02 Å². The largest absolute Gasteiger partial charge is 0.361 e. The molecular formula is C16H23ClN2. The van der Waals surface area contributed by atoms with Crippen LogP contribution in [0.25, 0.3) is 10.9 Å². The maximum Gasteiger partial charge on any atom is 0.0472 e. The highest BCUT2D eigenvalue weighted by atomic mass is 35.5. The van der Waals surface area contributed by atoms with Crippen molar-refractivity contribution in [2.75, 3.05) is 0 Å². The van der Waals surface area contributed by atoms with Gasteiger partial charge in [-0.15, -0.1) is 0 Å². The fourth-order valence-corrected chi connectivity index (χ4v) is 2.88. The number of benzene rings is 1. The van der Waals surface area contributed by atoms with Crippen LogP contribution < -0.4 is 5.32 Å². The normalized spacial score (nSPS) is 12.2. The molecular weight excluding hydrogens is 256 g/mol. The van der Waals surface area contributed by atoms with Crippen molar-refractivity contribution in [3.8, 4) is 0 Å². The van der Waals surface area contributed by atoms with Gasteiger partial charge in [0.25, 0.3) is 0 Å². The molecule has 0 aliphatic carbocycles. The monoisotopic (exact) mass is 278 g/mol. The first-order valence-electron chi connectivity index (χ1n) is 7.14. The first kappa shape index (κ1) is 14.4. The zero-order valence-electron chi connectivity index (χ0n) is 12.0. The quantitative estimate of drug-likeness (QED) is 0.774. The van der Waals surface area contributed by atoms with Crippen LogP contribution in [0.15, 0.2) is 24.4 Å². The summed E-state index contributed by atoms with van der Waals surface area (Å²) in [7, 11) is 0. The van der Waals surface area contributed by atoms with Gasteiger partial charge < -0.3 is 10.3 Å². The van der Waals surface area contributed by atoms with Gasteiger partial charge in [0, 0.05) is 34.2 Å². The number of nitrogens with one attached hydrogen (secondary N) is 2. The van der Waals surface area contributed by atoms with E-state index in [2.05, 4.69) is 43.3 Å². The van der Waals surface area contributed by atoms with Crippen LogP contribution in [0.5, 0.6) is 0 Å². The van der Waals surface area contributed by atoms with Crippen LogP contribution in [0.1, 0.15) is 45.6 Å². The molecule has 1 heterocycles. The summed E-state index contributed by atoms with van der Waals surface area (Å²) >= 11 is 6.01. The lowest BCUT2D eigenvalue weighted by molar-refractivity contribution is 0.288. The zero-order valence-corrected chi connectivity index (χ0v) is 12.8. The zero-order chi connectivity index (χ0) is 13.9. The maximum atomic E-state index is 6.01. The van der Waals surface area contributed by atoms with Crippen molar-refractivity contribution < 1.29 is 0 Å². The summed E-state index contributed by atoms with van der Waals surface area (Å²) in [5, 5.41) is 5.77. The van der Waals surface area contributed by atoms with Gasteiger partial charge in [0.05, 0.1) is 0 Å². The average molecular weight is 279 g/mol. The Morgan fingerprint density at radius 3 is 2.47 bits per heavy atom. The van der Waals surface area contributed by atoms with Crippen LogP contribution in [0.4, 0.5) is 0 Å². The first-order valence-corrected chi connectivity index (χ1v) is 7.52. The minimum Gasteiger partial charge on any atom is -0.361 e. The number of rotatable bonds is 6. The van der Waals surface area contributed by atoms with Gasteiger partial charge in [-0.05, 0) is 37.0 Å². The molecule has 19 heavy (non-hydrogen) atoms. The molecule has 1 aromatic heterocycles. The molecule has 0 aliphatic heterocycles. The van der Waals surface area contributed by atoms with Gasteiger partial charge in [0.15, 0.2) is 0 Å². The summed E-state index contributed by atoms with van der Waals surface area (Å²) in [5.74, 6) is 0. The molecule has 0 radical (unpaired) electrons. The standard InChI is InChI=1S/C16H23ClN2/c1-4-16(5-2,6-3)19-11-12-10-18-15-9-13(17)7-8-14(12)15/h7-10,18-19H,4-6,11H2,1-3H3. The molecule has 0 fully saturated rings. The first-order chi connectivity index (χ1) is 9.14. The maximum absolute atomic E-state index is 6.01. The lowest BCUT2D eigenvalue weighted by Gasteiger charge is -2.32. The summed E-state index contributed by atoms with van der Waals surface area (Å²) in [6.07, 6.45) is 5.57. The van der Waals surface area contributed by atoms with E-state index in [9.17, 15) is 0 Å². The van der Waals surface area contributed by atoms with Crippen molar-refractivity contribution in [3.63, 3.8) is 0 Å². The van der Waals surface area contributed by atoms with E-state index in [-0.39, 0.29) is 5.54 Å². The van der Waals surface area contributed by atoms with Crippen molar-refractivity contribution in [1.29, 1.82) is 0 Å². The van der Waals surface area contributed by atoms with Crippen LogP contribution in [0, 0.1) is 0 Å². The molecule has 2 nitrogen and oxygen atoms in total. The second-order valence-corrected chi connectivity index (χ2v) is 5.63. The molecule has 1 aromatic carbocycles. The summed E-state index contributed by atoms with van der Waals surface area (Å²) in [5.41, 5.74) is 2.68. The highest BCUT2D eigenvalue weighted by Gasteiger charge is 2.22. The van der Waals surface area contributed by atoms with Crippen molar-refractivity contribution in [1.82, 2.24) is 10.3 Å². The molecule has 2 rings (SSSR count). The van der Waals surface area contributed by atoms with Crippen molar-refractivity contribution in [2.24, 2.45) is 0 Å². The molecule has 0 atom stereocenters. The number of aromatic amines is 1. The van der Waals surface area contributed by atoms with Crippen molar-refractivity contribution in [2.45, 2.75) is 52.1 Å². The predicted molar refractivity (Wildman–Crippen MR) is 83.8 cm³/mol. The van der Waals surface area contributed by atoms with E-state index in [4.69, 9.17) is 11.6 Å². The van der Waals surface area contributed by atoms with Crippen molar-refractivity contribution >= 4 is 22.5 Å². The molecule has 2 N–H and O–H groups in total. The Morgan fingerprint density at radius 1 is 1.16 bits per heavy atom. The second-order valence-electron chi connectivity index (χ2n) is 5.20. The smallest absolute Gasteiger partial charge is 0.0472 e. The number of hydrogen-bond acceptors (Lipinski definition) is 1. The van der Waals surface area contributed by atoms with Gasteiger partial charge in [0.1, 0.15) is 0 Å². The van der Waals surface area contributed by atoms with E-state index in [0.29, 0.717) is 0 Å². The molecule has 0 spiro atoms. The fraction of sp³-hybridized carbons (Fsp3) is 0.500.